The highest BCUT2D eigenvalue weighted by Crippen LogP contribution is 2.70. The van der Waals surface area contributed by atoms with Crippen molar-refractivity contribution in [3.05, 3.63) is 0 Å². The number of aliphatic hydroxyl groups is 1. The van der Waals surface area contributed by atoms with E-state index in [1.165, 1.54) is 7.11 Å². The first-order valence-corrected chi connectivity index (χ1v) is 6.28. The molecule has 0 aromatic rings. The fraction of sp³-hybridized carbons (Fsp3) is 1.00. The van der Waals surface area contributed by atoms with Crippen LogP contribution in [-0.2, 0) is 4.52 Å². The monoisotopic (exact) mass is 243 g/mol. The van der Waals surface area contributed by atoms with E-state index in [-0.39, 0.29) is 4.57 Å². The lowest BCUT2D eigenvalue weighted by molar-refractivity contribution is 0.0805. The molecule has 1 aliphatic heterocycles. The predicted molar refractivity (Wildman–Crippen MR) is 49.0 cm³/mol. The van der Waals surface area contributed by atoms with E-state index in [1.54, 1.807) is 6.92 Å². The van der Waals surface area contributed by atoms with Crippen LogP contribution in [0.15, 0.2) is 0 Å². The lowest BCUT2D eigenvalue weighted by atomic mass is 10.1. The molecule has 1 radical (unpaired) electrons. The highest BCUT2D eigenvalue weighted by atomic mass is 79.9. The van der Waals surface area contributed by atoms with Gasteiger partial charge in [-0.1, -0.05) is 15.9 Å². The third-order valence-corrected chi connectivity index (χ3v) is 7.79. The molecular weight excluding hydrogens is 231 g/mol. The molecule has 5 heteroatoms. The minimum absolute atomic E-state index is 0.299. The van der Waals surface area contributed by atoms with Crippen LogP contribution in [0.3, 0.4) is 0 Å². The summed E-state index contributed by atoms with van der Waals surface area (Å²) in [5, 5.41) is 9.67. The Morgan fingerprint density at radius 2 is 2.27 bits per heavy atom. The zero-order chi connectivity index (χ0) is 8.70. The van der Waals surface area contributed by atoms with Crippen molar-refractivity contribution in [2.24, 2.45) is 0 Å². The Hall–Kier alpha value is 0.790. The molecule has 67 valence electrons. The molecule has 1 rings (SSSR count). The summed E-state index contributed by atoms with van der Waals surface area (Å²) in [6.45, 7) is 1.71. The molecule has 1 fully saturated rings. The van der Waals surface area contributed by atoms with Gasteiger partial charge in [0.1, 0.15) is 12.3 Å². The third kappa shape index (κ3) is 1.61. The zero-order valence-electron chi connectivity index (χ0n) is 6.62. The standard InChI is InChI=1S/C6H13BrO3P/c1-6(8)3-4-11(9,10-2)5(6)7/h5,8-9H,3-4H2,1-2H3. The number of hydrogen-bond donors (Lipinski definition) is 2. The van der Waals surface area contributed by atoms with Gasteiger partial charge in [-0.25, -0.2) is 0 Å². The number of halogens is 1. The first-order chi connectivity index (χ1) is 4.92. The van der Waals surface area contributed by atoms with Crippen LogP contribution in [0.2, 0.25) is 0 Å². The Labute approximate surface area is 75.4 Å². The second-order valence-corrected chi connectivity index (χ2v) is 7.57. The van der Waals surface area contributed by atoms with Gasteiger partial charge in [0.25, 0.3) is 0 Å². The van der Waals surface area contributed by atoms with Crippen LogP contribution in [-0.4, -0.2) is 33.4 Å². The minimum Gasteiger partial charge on any atom is -0.388 e. The Kier molecular flexibility index (Phi) is 2.63. The lowest BCUT2D eigenvalue weighted by Crippen LogP contribution is -2.30. The van der Waals surface area contributed by atoms with Gasteiger partial charge in [0, 0.05) is 13.3 Å². The Morgan fingerprint density at radius 3 is 2.45 bits per heavy atom. The van der Waals surface area contributed by atoms with Gasteiger partial charge in [-0.15, -0.1) is 0 Å². The van der Waals surface area contributed by atoms with Crippen molar-refractivity contribution in [3.63, 3.8) is 0 Å². The molecule has 0 spiro atoms. The molecule has 0 bridgehead atoms. The molecule has 0 aromatic carbocycles. The maximum absolute atomic E-state index is 9.79. The predicted octanol–water partition coefficient (Wildman–Crippen LogP) is 1.35. The quantitative estimate of drug-likeness (QED) is 0.540. The van der Waals surface area contributed by atoms with Gasteiger partial charge in [0.15, 0.2) is 0 Å². The van der Waals surface area contributed by atoms with Gasteiger partial charge in [-0.05, 0) is 13.3 Å². The molecule has 1 aliphatic rings. The summed E-state index contributed by atoms with van der Waals surface area (Å²) in [7, 11) is -0.857. The largest absolute Gasteiger partial charge is 0.388 e. The van der Waals surface area contributed by atoms with E-state index in [0.717, 1.165) is 0 Å². The number of hydrogen-bond acceptors (Lipinski definition) is 3. The Balaban J connectivity index is 2.78. The fourth-order valence-corrected chi connectivity index (χ4v) is 4.95. The van der Waals surface area contributed by atoms with Crippen molar-refractivity contribution in [3.8, 4) is 0 Å². The van der Waals surface area contributed by atoms with E-state index >= 15 is 0 Å². The van der Waals surface area contributed by atoms with Crippen LogP contribution < -0.4 is 0 Å². The minimum atomic E-state index is -2.35. The van der Waals surface area contributed by atoms with Crippen molar-refractivity contribution in [1.82, 2.24) is 0 Å². The molecule has 0 aliphatic carbocycles. The summed E-state index contributed by atoms with van der Waals surface area (Å²) in [4.78, 5) is 9.79. The molecule has 3 unspecified atom stereocenters. The fourth-order valence-electron chi connectivity index (χ4n) is 1.24. The average Bonchev–Trinajstić information content (AvgIpc) is 2.16. The summed E-state index contributed by atoms with van der Waals surface area (Å²) < 4.78 is 4.71. The normalized spacial score (nSPS) is 51.5. The summed E-state index contributed by atoms with van der Waals surface area (Å²) in [5.74, 6) is 0. The van der Waals surface area contributed by atoms with Gasteiger partial charge < -0.3 is 14.5 Å². The highest BCUT2D eigenvalue weighted by Gasteiger charge is 2.51. The van der Waals surface area contributed by atoms with Gasteiger partial charge in [0.05, 0.1) is 5.60 Å². The van der Waals surface area contributed by atoms with E-state index in [0.29, 0.717) is 12.6 Å². The van der Waals surface area contributed by atoms with Crippen molar-refractivity contribution >= 4 is 23.6 Å². The van der Waals surface area contributed by atoms with Gasteiger partial charge >= 0.3 is 0 Å². The Bertz CT molecular complexity index is 164. The summed E-state index contributed by atoms with van der Waals surface area (Å²) >= 11 is 3.27. The molecule has 11 heavy (non-hydrogen) atoms. The van der Waals surface area contributed by atoms with Crippen LogP contribution in [0, 0.1) is 0 Å². The zero-order valence-corrected chi connectivity index (χ0v) is 9.10. The van der Waals surface area contributed by atoms with Crippen molar-refractivity contribution in [2.45, 2.75) is 23.5 Å². The SMILES string of the molecule is CO[P]1(O)CCC(C)(O)C1Br. The molecule has 3 atom stereocenters. The van der Waals surface area contributed by atoms with Crippen molar-refractivity contribution in [2.75, 3.05) is 13.3 Å². The lowest BCUT2D eigenvalue weighted by Gasteiger charge is -2.30. The maximum atomic E-state index is 9.79. The van der Waals surface area contributed by atoms with Crippen LogP contribution >= 0.6 is 23.6 Å². The smallest absolute Gasteiger partial charge is 0.115 e. The van der Waals surface area contributed by atoms with E-state index in [4.69, 9.17) is 4.52 Å². The van der Waals surface area contributed by atoms with Crippen LogP contribution in [0.5, 0.6) is 0 Å². The van der Waals surface area contributed by atoms with Crippen LogP contribution in [0.25, 0.3) is 0 Å². The summed E-state index contributed by atoms with van der Waals surface area (Å²) in [5.41, 5.74) is -0.821. The molecule has 3 nitrogen and oxygen atoms in total. The molecule has 1 saturated heterocycles. The second-order valence-electron chi connectivity index (χ2n) is 3.10. The summed E-state index contributed by atoms with van der Waals surface area (Å²) in [6.07, 6.45) is 1.17. The molecule has 2 N–H and O–H groups in total. The van der Waals surface area contributed by atoms with E-state index in [9.17, 15) is 10.00 Å². The molecular formula is C6H13BrO3P. The summed E-state index contributed by atoms with van der Waals surface area (Å²) in [6, 6.07) is 0. The molecule has 1 heterocycles. The number of alkyl halides is 1. The van der Waals surface area contributed by atoms with Gasteiger partial charge in [-0.3, -0.25) is 0 Å². The second kappa shape index (κ2) is 2.93. The molecule has 0 aromatic heterocycles. The van der Waals surface area contributed by atoms with Gasteiger partial charge in [-0.2, -0.15) is 0 Å². The van der Waals surface area contributed by atoms with Crippen LogP contribution in [0.4, 0.5) is 0 Å². The van der Waals surface area contributed by atoms with E-state index < -0.39 is 13.3 Å². The molecule has 0 saturated carbocycles. The van der Waals surface area contributed by atoms with Crippen LogP contribution in [0.1, 0.15) is 13.3 Å². The van der Waals surface area contributed by atoms with E-state index in [1.807, 2.05) is 0 Å². The first-order valence-electron chi connectivity index (χ1n) is 3.45. The Morgan fingerprint density at radius 1 is 1.73 bits per heavy atom. The highest BCUT2D eigenvalue weighted by molar-refractivity contribution is 9.10. The topological polar surface area (TPSA) is 49.7 Å². The number of rotatable bonds is 1. The average molecular weight is 244 g/mol. The third-order valence-electron chi connectivity index (χ3n) is 2.12. The first kappa shape index (κ1) is 9.87. The maximum Gasteiger partial charge on any atom is 0.115 e. The van der Waals surface area contributed by atoms with Crippen molar-refractivity contribution < 1.29 is 14.5 Å². The molecule has 0 amide bonds. The van der Waals surface area contributed by atoms with Crippen molar-refractivity contribution in [1.29, 1.82) is 0 Å². The van der Waals surface area contributed by atoms with Gasteiger partial charge in [0.2, 0.25) is 0 Å². The van der Waals surface area contributed by atoms with E-state index in [2.05, 4.69) is 15.9 Å².